The topological polar surface area (TPSA) is 0 Å². The molecular weight excluding hydrogens is 220 g/mol. The number of allylic oxidation sites excluding steroid dienone is 1. The van der Waals surface area contributed by atoms with Crippen LogP contribution in [-0.4, -0.2) is 8.07 Å². The van der Waals surface area contributed by atoms with Gasteiger partial charge in [-0.3, -0.25) is 0 Å². The lowest BCUT2D eigenvalue weighted by molar-refractivity contribution is 0.719. The molecule has 0 aliphatic carbocycles. The Morgan fingerprint density at radius 3 is 2.41 bits per heavy atom. The molecular formula is C16H24Si. The number of hydrogen-bond donors (Lipinski definition) is 0. The van der Waals surface area contributed by atoms with Gasteiger partial charge in [0.15, 0.2) is 0 Å². The fourth-order valence-electron chi connectivity index (χ4n) is 2.98. The molecule has 1 aliphatic heterocycles. The van der Waals surface area contributed by atoms with E-state index in [1.807, 2.05) is 0 Å². The molecule has 0 aromatic heterocycles. The second-order valence-electron chi connectivity index (χ2n) is 5.27. The number of rotatable bonds is 4. The highest BCUT2D eigenvalue weighted by atomic mass is 28.3. The largest absolute Gasteiger partial charge is 0.109 e. The van der Waals surface area contributed by atoms with Crippen LogP contribution in [0.2, 0.25) is 12.1 Å². The quantitative estimate of drug-likeness (QED) is 0.688. The average molecular weight is 244 g/mol. The Morgan fingerprint density at radius 1 is 1.06 bits per heavy atom. The van der Waals surface area contributed by atoms with Crippen LogP contribution in [0.15, 0.2) is 42.1 Å². The summed E-state index contributed by atoms with van der Waals surface area (Å²) in [5, 5.41) is 1.66. The Balaban J connectivity index is 2.23. The molecule has 1 heteroatoms. The van der Waals surface area contributed by atoms with Crippen molar-refractivity contribution in [2.45, 2.75) is 51.1 Å². The Bertz CT molecular complexity index is 347. The SMILES string of the molecule is CCCC=C[Si]1(c2ccccc2)CCCCC1. The number of unbranched alkanes of at least 4 members (excludes halogenated alkanes) is 1. The molecule has 1 aliphatic rings. The van der Waals surface area contributed by atoms with E-state index in [4.69, 9.17) is 0 Å². The van der Waals surface area contributed by atoms with Crippen molar-refractivity contribution in [1.82, 2.24) is 0 Å². The first kappa shape index (κ1) is 12.6. The van der Waals surface area contributed by atoms with Crippen molar-refractivity contribution in [3.63, 3.8) is 0 Å². The zero-order chi connectivity index (χ0) is 12.0. The molecule has 0 nitrogen and oxygen atoms in total. The van der Waals surface area contributed by atoms with E-state index in [0.29, 0.717) is 0 Å². The maximum atomic E-state index is 2.64. The van der Waals surface area contributed by atoms with Gasteiger partial charge in [0, 0.05) is 0 Å². The van der Waals surface area contributed by atoms with Crippen LogP contribution in [0.25, 0.3) is 0 Å². The van der Waals surface area contributed by atoms with Crippen LogP contribution in [0.3, 0.4) is 0 Å². The highest BCUT2D eigenvalue weighted by molar-refractivity contribution is 6.96. The van der Waals surface area contributed by atoms with Crippen molar-refractivity contribution in [3.8, 4) is 0 Å². The van der Waals surface area contributed by atoms with Crippen LogP contribution in [0.4, 0.5) is 0 Å². The second-order valence-corrected chi connectivity index (χ2v) is 9.50. The summed E-state index contributed by atoms with van der Waals surface area (Å²) in [5.41, 5.74) is 2.64. The van der Waals surface area contributed by atoms with E-state index in [-0.39, 0.29) is 0 Å². The first-order valence-electron chi connectivity index (χ1n) is 7.11. The first-order chi connectivity index (χ1) is 8.37. The van der Waals surface area contributed by atoms with Crippen LogP contribution in [0.1, 0.15) is 39.0 Å². The van der Waals surface area contributed by atoms with Crippen LogP contribution < -0.4 is 5.19 Å². The molecule has 2 rings (SSSR count). The minimum absolute atomic E-state index is 1.25. The molecule has 92 valence electrons. The smallest absolute Gasteiger partial charge is 0.0939 e. The molecule has 1 aromatic carbocycles. The standard InChI is InChI=1S/C16H24Si/c1-2-3-8-13-17(14-9-5-10-15-17)16-11-6-4-7-12-16/h4,6-8,11-13H,2-3,5,9-10,14-15H2,1H3. The Morgan fingerprint density at radius 2 is 1.76 bits per heavy atom. The van der Waals surface area contributed by atoms with Crippen molar-refractivity contribution in [3.05, 3.63) is 42.1 Å². The second kappa shape index (κ2) is 6.20. The van der Waals surface area contributed by atoms with Gasteiger partial charge in [0.1, 0.15) is 8.07 Å². The summed E-state index contributed by atoms with van der Waals surface area (Å²) in [6, 6.07) is 14.2. The van der Waals surface area contributed by atoms with Gasteiger partial charge in [-0.1, -0.05) is 79.9 Å². The summed E-state index contributed by atoms with van der Waals surface area (Å²) in [6.07, 6.45) is 9.32. The lowest BCUT2D eigenvalue weighted by atomic mass is 10.3. The van der Waals surface area contributed by atoms with Gasteiger partial charge in [-0.15, -0.1) is 0 Å². The van der Waals surface area contributed by atoms with Gasteiger partial charge < -0.3 is 0 Å². The zero-order valence-corrected chi connectivity index (χ0v) is 12.0. The van der Waals surface area contributed by atoms with Crippen molar-refractivity contribution >= 4 is 13.3 Å². The lowest BCUT2D eigenvalue weighted by Gasteiger charge is -2.33. The van der Waals surface area contributed by atoms with E-state index >= 15 is 0 Å². The summed E-state index contributed by atoms with van der Waals surface area (Å²) < 4.78 is 0. The van der Waals surface area contributed by atoms with Crippen molar-refractivity contribution < 1.29 is 0 Å². The predicted octanol–water partition coefficient (Wildman–Crippen LogP) is 4.42. The van der Waals surface area contributed by atoms with Crippen LogP contribution in [-0.2, 0) is 0 Å². The monoisotopic (exact) mass is 244 g/mol. The van der Waals surface area contributed by atoms with Gasteiger partial charge in [-0.05, 0) is 18.5 Å². The maximum absolute atomic E-state index is 2.64. The fourth-order valence-corrected chi connectivity index (χ4v) is 7.57. The molecule has 0 spiro atoms. The minimum Gasteiger partial charge on any atom is -0.0939 e. The average Bonchev–Trinajstić information content (AvgIpc) is 2.41. The molecule has 17 heavy (non-hydrogen) atoms. The molecule has 1 heterocycles. The molecule has 0 radical (unpaired) electrons. The maximum Gasteiger partial charge on any atom is 0.109 e. The Kier molecular flexibility index (Phi) is 4.61. The predicted molar refractivity (Wildman–Crippen MR) is 79.3 cm³/mol. The van der Waals surface area contributed by atoms with E-state index < -0.39 is 8.07 Å². The molecule has 0 atom stereocenters. The highest BCUT2D eigenvalue weighted by Crippen LogP contribution is 2.29. The molecule has 1 saturated heterocycles. The molecule has 0 saturated carbocycles. The first-order valence-corrected chi connectivity index (χ1v) is 9.60. The van der Waals surface area contributed by atoms with Crippen LogP contribution in [0.5, 0.6) is 0 Å². The summed E-state index contributed by atoms with van der Waals surface area (Å²) in [6.45, 7) is 2.27. The van der Waals surface area contributed by atoms with Gasteiger partial charge in [0.25, 0.3) is 0 Å². The third kappa shape index (κ3) is 3.10. The molecule has 1 fully saturated rings. The molecule has 0 bridgehead atoms. The number of benzene rings is 1. The summed E-state index contributed by atoms with van der Waals surface area (Å²) in [5.74, 6) is 0. The third-order valence-electron chi connectivity index (χ3n) is 3.99. The Labute approximate surface area is 107 Å². The van der Waals surface area contributed by atoms with Crippen molar-refractivity contribution in [2.75, 3.05) is 0 Å². The van der Waals surface area contributed by atoms with E-state index in [1.165, 1.54) is 44.2 Å². The summed E-state index contributed by atoms with van der Waals surface area (Å²) in [4.78, 5) is 0. The van der Waals surface area contributed by atoms with E-state index in [2.05, 4.69) is 49.0 Å². The van der Waals surface area contributed by atoms with Crippen molar-refractivity contribution in [1.29, 1.82) is 0 Å². The number of hydrogen-bond acceptors (Lipinski definition) is 0. The van der Waals surface area contributed by atoms with Gasteiger partial charge in [-0.2, -0.15) is 0 Å². The lowest BCUT2D eigenvalue weighted by Crippen LogP contribution is -2.47. The fraction of sp³-hybridized carbons (Fsp3) is 0.500. The molecule has 0 N–H and O–H groups in total. The van der Waals surface area contributed by atoms with E-state index in [0.717, 1.165) is 0 Å². The Hall–Kier alpha value is -0.823. The van der Waals surface area contributed by atoms with Crippen molar-refractivity contribution in [2.24, 2.45) is 0 Å². The molecule has 0 unspecified atom stereocenters. The normalized spacial score (nSPS) is 19.6. The minimum atomic E-state index is -1.28. The van der Waals surface area contributed by atoms with Crippen LogP contribution >= 0.6 is 0 Å². The van der Waals surface area contributed by atoms with Gasteiger partial charge in [0.2, 0.25) is 0 Å². The third-order valence-corrected chi connectivity index (χ3v) is 8.84. The van der Waals surface area contributed by atoms with Gasteiger partial charge in [0.05, 0.1) is 0 Å². The highest BCUT2D eigenvalue weighted by Gasteiger charge is 2.33. The zero-order valence-electron chi connectivity index (χ0n) is 11.0. The molecule has 1 aromatic rings. The van der Waals surface area contributed by atoms with Gasteiger partial charge >= 0.3 is 0 Å². The summed E-state index contributed by atoms with van der Waals surface area (Å²) >= 11 is 0. The van der Waals surface area contributed by atoms with Crippen LogP contribution in [0, 0.1) is 0 Å². The summed E-state index contributed by atoms with van der Waals surface area (Å²) in [7, 11) is -1.28. The van der Waals surface area contributed by atoms with Gasteiger partial charge in [-0.25, -0.2) is 0 Å². The van der Waals surface area contributed by atoms with E-state index in [1.54, 1.807) is 5.19 Å². The van der Waals surface area contributed by atoms with E-state index in [9.17, 15) is 0 Å². The molecule has 0 amide bonds.